The summed E-state index contributed by atoms with van der Waals surface area (Å²) in [6, 6.07) is 12.3. The summed E-state index contributed by atoms with van der Waals surface area (Å²) in [7, 11) is 0. The lowest BCUT2D eigenvalue weighted by Crippen LogP contribution is -2.12. The summed E-state index contributed by atoms with van der Waals surface area (Å²) < 4.78 is 5.35. The first-order chi connectivity index (χ1) is 7.63. The molecule has 0 spiro atoms. The van der Waals surface area contributed by atoms with Gasteiger partial charge in [0.15, 0.2) is 0 Å². The Bertz CT molecular complexity index is 461. The maximum atomic E-state index is 5.35. The van der Waals surface area contributed by atoms with Gasteiger partial charge in [0.1, 0.15) is 5.76 Å². The lowest BCUT2D eigenvalue weighted by molar-refractivity contribution is 0.582. The molecule has 0 aliphatic heterocycles. The van der Waals surface area contributed by atoms with Crippen molar-refractivity contribution in [3.8, 4) is 11.3 Å². The highest BCUT2D eigenvalue weighted by Gasteiger charge is 2.15. The van der Waals surface area contributed by atoms with Gasteiger partial charge in [-0.2, -0.15) is 0 Å². The van der Waals surface area contributed by atoms with Crippen molar-refractivity contribution in [3.63, 3.8) is 0 Å². The van der Waals surface area contributed by atoms with Crippen LogP contribution in [0.4, 0.5) is 0 Å². The summed E-state index contributed by atoms with van der Waals surface area (Å²) in [5.41, 5.74) is 2.38. The van der Waals surface area contributed by atoms with Gasteiger partial charge in [-0.3, -0.25) is 0 Å². The first-order valence-corrected chi connectivity index (χ1v) is 5.41. The second kappa shape index (κ2) is 4.01. The highest BCUT2D eigenvalue weighted by atomic mass is 16.3. The van der Waals surface area contributed by atoms with Gasteiger partial charge in [0, 0.05) is 11.0 Å². The molecule has 0 unspecified atom stereocenters. The van der Waals surface area contributed by atoms with Gasteiger partial charge in [0.05, 0.1) is 6.26 Å². The second-order valence-electron chi connectivity index (χ2n) is 4.48. The van der Waals surface area contributed by atoms with E-state index in [4.69, 9.17) is 4.42 Å². The summed E-state index contributed by atoms with van der Waals surface area (Å²) in [6.45, 7) is 8.17. The van der Waals surface area contributed by atoms with Gasteiger partial charge < -0.3 is 4.42 Å². The van der Waals surface area contributed by atoms with Gasteiger partial charge in [-0.25, -0.2) is 0 Å². The van der Waals surface area contributed by atoms with Crippen molar-refractivity contribution in [2.24, 2.45) is 0 Å². The minimum absolute atomic E-state index is 0.0156. The third-order valence-corrected chi connectivity index (χ3v) is 2.94. The lowest BCUT2D eigenvalue weighted by Gasteiger charge is -2.20. The van der Waals surface area contributed by atoms with Crippen LogP contribution in [0.1, 0.15) is 19.4 Å². The van der Waals surface area contributed by atoms with Crippen LogP contribution in [0.2, 0.25) is 0 Å². The molecule has 0 amide bonds. The van der Waals surface area contributed by atoms with Crippen LogP contribution in [0.15, 0.2) is 59.7 Å². The van der Waals surface area contributed by atoms with Gasteiger partial charge in [-0.15, -0.1) is 6.58 Å². The normalized spacial score (nSPS) is 11.4. The first-order valence-electron chi connectivity index (χ1n) is 5.41. The molecule has 1 heterocycles. The van der Waals surface area contributed by atoms with Crippen molar-refractivity contribution in [1.82, 2.24) is 0 Å². The average molecular weight is 212 g/mol. The van der Waals surface area contributed by atoms with E-state index in [1.807, 2.05) is 18.2 Å². The molecule has 0 bridgehead atoms. The highest BCUT2D eigenvalue weighted by Crippen LogP contribution is 2.27. The van der Waals surface area contributed by atoms with E-state index in [0.717, 1.165) is 11.3 Å². The van der Waals surface area contributed by atoms with Gasteiger partial charge in [-0.05, 0) is 17.7 Å². The minimum Gasteiger partial charge on any atom is -0.464 e. The molecule has 0 aliphatic carbocycles. The summed E-state index contributed by atoms with van der Waals surface area (Å²) >= 11 is 0. The zero-order chi connectivity index (χ0) is 11.6. The van der Waals surface area contributed by atoms with Crippen LogP contribution in [0, 0.1) is 0 Å². The Balaban J connectivity index is 2.34. The van der Waals surface area contributed by atoms with Crippen LogP contribution in [-0.2, 0) is 5.41 Å². The van der Waals surface area contributed by atoms with Crippen LogP contribution < -0.4 is 0 Å². The highest BCUT2D eigenvalue weighted by molar-refractivity contribution is 5.58. The van der Waals surface area contributed by atoms with E-state index in [2.05, 4.69) is 44.7 Å². The average Bonchev–Trinajstić information content (AvgIpc) is 2.83. The fourth-order valence-corrected chi connectivity index (χ4v) is 1.62. The van der Waals surface area contributed by atoms with E-state index >= 15 is 0 Å². The number of furan rings is 1. The Morgan fingerprint density at radius 2 is 1.81 bits per heavy atom. The molecule has 0 saturated carbocycles. The zero-order valence-electron chi connectivity index (χ0n) is 9.73. The third kappa shape index (κ3) is 1.94. The number of rotatable bonds is 3. The van der Waals surface area contributed by atoms with Crippen LogP contribution in [0.25, 0.3) is 11.3 Å². The van der Waals surface area contributed by atoms with E-state index in [1.165, 1.54) is 5.56 Å². The molecule has 1 aromatic carbocycles. The van der Waals surface area contributed by atoms with E-state index < -0.39 is 0 Å². The van der Waals surface area contributed by atoms with Gasteiger partial charge >= 0.3 is 0 Å². The summed E-state index contributed by atoms with van der Waals surface area (Å²) in [5, 5.41) is 0. The van der Waals surface area contributed by atoms with E-state index in [9.17, 15) is 0 Å². The first kappa shape index (κ1) is 10.7. The Labute approximate surface area is 96.4 Å². The Kier molecular flexibility index (Phi) is 2.69. The molecule has 0 saturated heterocycles. The number of allylic oxidation sites excluding steroid dienone is 1. The maximum absolute atomic E-state index is 5.35. The maximum Gasteiger partial charge on any atom is 0.133 e. The van der Waals surface area contributed by atoms with Crippen molar-refractivity contribution >= 4 is 0 Å². The molecular weight excluding hydrogens is 196 g/mol. The molecule has 16 heavy (non-hydrogen) atoms. The van der Waals surface area contributed by atoms with E-state index in [-0.39, 0.29) is 5.41 Å². The number of benzene rings is 1. The van der Waals surface area contributed by atoms with E-state index in [0.29, 0.717) is 0 Å². The summed E-state index contributed by atoms with van der Waals surface area (Å²) in [6.07, 6.45) is 3.66. The van der Waals surface area contributed by atoms with Gasteiger partial charge in [0.25, 0.3) is 0 Å². The molecule has 0 atom stereocenters. The topological polar surface area (TPSA) is 13.1 Å². The molecule has 1 heteroatoms. The van der Waals surface area contributed by atoms with Crippen molar-refractivity contribution < 1.29 is 4.42 Å². The van der Waals surface area contributed by atoms with Crippen LogP contribution in [-0.4, -0.2) is 0 Å². The Hall–Kier alpha value is -1.76. The fraction of sp³-hybridized carbons (Fsp3) is 0.200. The molecule has 2 aromatic rings. The van der Waals surface area contributed by atoms with Gasteiger partial charge in [-0.1, -0.05) is 44.2 Å². The molecule has 1 nitrogen and oxygen atoms in total. The SMILES string of the molecule is C=CC(C)(C)c1ccc(-c2ccco2)cc1. The van der Waals surface area contributed by atoms with Crippen molar-refractivity contribution in [3.05, 3.63) is 60.9 Å². The van der Waals surface area contributed by atoms with Crippen molar-refractivity contribution in [2.75, 3.05) is 0 Å². The fourth-order valence-electron chi connectivity index (χ4n) is 1.62. The van der Waals surface area contributed by atoms with Crippen LogP contribution in [0.3, 0.4) is 0 Å². The number of hydrogen-bond donors (Lipinski definition) is 0. The molecule has 1 aromatic heterocycles. The molecule has 82 valence electrons. The Morgan fingerprint density at radius 3 is 2.31 bits per heavy atom. The predicted octanol–water partition coefficient (Wildman–Crippen LogP) is 4.41. The standard InChI is InChI=1S/C15H16O/c1-4-15(2,3)13-9-7-12(8-10-13)14-6-5-11-16-14/h4-11H,1H2,2-3H3. The quantitative estimate of drug-likeness (QED) is 0.687. The molecule has 0 radical (unpaired) electrons. The second-order valence-corrected chi connectivity index (χ2v) is 4.48. The molecule has 0 aliphatic rings. The Morgan fingerprint density at radius 1 is 1.12 bits per heavy atom. The largest absolute Gasteiger partial charge is 0.464 e. The predicted molar refractivity (Wildman–Crippen MR) is 67.4 cm³/mol. The van der Waals surface area contributed by atoms with Crippen molar-refractivity contribution in [2.45, 2.75) is 19.3 Å². The van der Waals surface area contributed by atoms with Crippen molar-refractivity contribution in [1.29, 1.82) is 0 Å². The zero-order valence-corrected chi connectivity index (χ0v) is 9.73. The summed E-state index contributed by atoms with van der Waals surface area (Å²) in [4.78, 5) is 0. The van der Waals surface area contributed by atoms with E-state index in [1.54, 1.807) is 6.26 Å². The molecular formula is C15H16O. The molecule has 0 fully saturated rings. The van der Waals surface area contributed by atoms with Crippen LogP contribution in [0.5, 0.6) is 0 Å². The van der Waals surface area contributed by atoms with Gasteiger partial charge in [0.2, 0.25) is 0 Å². The minimum atomic E-state index is 0.0156. The monoisotopic (exact) mass is 212 g/mol. The van der Waals surface area contributed by atoms with Crippen LogP contribution >= 0.6 is 0 Å². The summed E-state index contributed by atoms with van der Waals surface area (Å²) in [5.74, 6) is 0.906. The lowest BCUT2D eigenvalue weighted by atomic mass is 9.84. The smallest absolute Gasteiger partial charge is 0.133 e. The third-order valence-electron chi connectivity index (χ3n) is 2.94. The molecule has 2 rings (SSSR count). The number of hydrogen-bond acceptors (Lipinski definition) is 1. The molecule has 0 N–H and O–H groups in total.